The smallest absolute Gasteiger partial charge is 0.0505 e. The van der Waals surface area contributed by atoms with Crippen LogP contribution in [-0.4, -0.2) is 4.57 Å². The number of nitrogens with zero attached hydrogens (tertiary/aromatic N) is 1. The first kappa shape index (κ1) is 12.2. The maximum absolute atomic E-state index is 3.87. The molecule has 0 atom stereocenters. The molecular weight excluding hydrogens is 298 g/mol. The van der Waals surface area contributed by atoms with E-state index in [0.717, 1.165) is 11.0 Å². The summed E-state index contributed by atoms with van der Waals surface area (Å²) in [7, 11) is 0. The Morgan fingerprint density at radius 1 is 1.05 bits per heavy atom. The number of hydrogen-bond donors (Lipinski definition) is 0. The Bertz CT molecular complexity index is 740. The third kappa shape index (κ3) is 2.13. The third-order valence-electron chi connectivity index (χ3n) is 3.27. The number of halogens is 1. The van der Waals surface area contributed by atoms with E-state index < -0.39 is 0 Å². The van der Waals surface area contributed by atoms with E-state index in [1.54, 1.807) is 0 Å². The van der Waals surface area contributed by atoms with Gasteiger partial charge >= 0.3 is 0 Å². The predicted molar refractivity (Wildman–Crippen MR) is 85.3 cm³/mol. The molecule has 0 amide bonds. The lowest BCUT2D eigenvalue weighted by molar-refractivity contribution is 0.873. The number of allylic oxidation sites excluding steroid dienone is 1. The molecule has 94 valence electrons. The number of fused-ring (bicyclic) bond motifs is 1. The largest absolute Gasteiger partial charge is 0.337 e. The van der Waals surface area contributed by atoms with Crippen molar-refractivity contribution in [2.45, 2.75) is 6.54 Å². The van der Waals surface area contributed by atoms with Gasteiger partial charge in [0, 0.05) is 27.5 Å². The van der Waals surface area contributed by atoms with Crippen LogP contribution in [0.25, 0.3) is 22.2 Å². The fraction of sp³-hybridized carbons (Fsp3) is 0.0588. The molecule has 3 aromatic rings. The van der Waals surface area contributed by atoms with E-state index in [9.17, 15) is 0 Å². The van der Waals surface area contributed by atoms with E-state index in [1.807, 2.05) is 12.1 Å². The SMILES string of the molecule is C=CCn1c(-c2ccccc2Br)cc2ccccc21. The van der Waals surface area contributed by atoms with Crippen LogP contribution < -0.4 is 0 Å². The normalized spacial score (nSPS) is 10.8. The maximum Gasteiger partial charge on any atom is 0.0505 e. The summed E-state index contributed by atoms with van der Waals surface area (Å²) in [5.74, 6) is 0. The van der Waals surface area contributed by atoms with Gasteiger partial charge in [0.15, 0.2) is 0 Å². The first-order chi connectivity index (χ1) is 9.31. The molecule has 0 saturated carbocycles. The Morgan fingerprint density at radius 3 is 2.58 bits per heavy atom. The van der Waals surface area contributed by atoms with Crippen molar-refractivity contribution in [2.24, 2.45) is 0 Å². The molecule has 1 heterocycles. The fourth-order valence-electron chi connectivity index (χ4n) is 2.43. The second-order valence-electron chi connectivity index (χ2n) is 4.47. The highest BCUT2D eigenvalue weighted by atomic mass is 79.9. The molecule has 19 heavy (non-hydrogen) atoms. The second-order valence-corrected chi connectivity index (χ2v) is 5.32. The highest BCUT2D eigenvalue weighted by molar-refractivity contribution is 9.10. The predicted octanol–water partition coefficient (Wildman–Crippen LogP) is 5.26. The van der Waals surface area contributed by atoms with Gasteiger partial charge in [0.2, 0.25) is 0 Å². The van der Waals surface area contributed by atoms with Crippen molar-refractivity contribution in [1.82, 2.24) is 4.57 Å². The van der Waals surface area contributed by atoms with Gasteiger partial charge in [0.1, 0.15) is 0 Å². The standard InChI is InChI=1S/C17H14BrN/c1-2-11-19-16-10-6-3-7-13(16)12-17(19)14-8-4-5-9-15(14)18/h2-10,12H,1,11H2. The van der Waals surface area contributed by atoms with E-state index in [2.05, 4.69) is 75.6 Å². The Kier molecular flexibility index (Phi) is 3.26. The van der Waals surface area contributed by atoms with Gasteiger partial charge in [-0.05, 0) is 18.2 Å². The van der Waals surface area contributed by atoms with Crippen LogP contribution in [0.5, 0.6) is 0 Å². The number of rotatable bonds is 3. The van der Waals surface area contributed by atoms with Gasteiger partial charge in [-0.25, -0.2) is 0 Å². The molecule has 0 aliphatic carbocycles. The van der Waals surface area contributed by atoms with E-state index in [1.165, 1.54) is 22.2 Å². The monoisotopic (exact) mass is 311 g/mol. The van der Waals surface area contributed by atoms with Crippen LogP contribution >= 0.6 is 15.9 Å². The van der Waals surface area contributed by atoms with Crippen LogP contribution in [0, 0.1) is 0 Å². The molecule has 0 saturated heterocycles. The maximum atomic E-state index is 3.87. The molecule has 0 N–H and O–H groups in total. The minimum Gasteiger partial charge on any atom is -0.337 e. The average Bonchev–Trinajstić information content (AvgIpc) is 2.79. The Morgan fingerprint density at radius 2 is 1.79 bits per heavy atom. The van der Waals surface area contributed by atoms with Crippen molar-refractivity contribution in [2.75, 3.05) is 0 Å². The zero-order chi connectivity index (χ0) is 13.2. The lowest BCUT2D eigenvalue weighted by Gasteiger charge is -2.09. The van der Waals surface area contributed by atoms with Crippen LogP contribution in [0.4, 0.5) is 0 Å². The van der Waals surface area contributed by atoms with Gasteiger partial charge in [0.05, 0.1) is 5.69 Å². The van der Waals surface area contributed by atoms with Crippen LogP contribution in [0.3, 0.4) is 0 Å². The Balaban J connectivity index is 2.31. The molecule has 0 radical (unpaired) electrons. The lowest BCUT2D eigenvalue weighted by atomic mass is 10.1. The van der Waals surface area contributed by atoms with Crippen LogP contribution in [-0.2, 0) is 6.54 Å². The van der Waals surface area contributed by atoms with Gasteiger partial charge in [0.25, 0.3) is 0 Å². The van der Waals surface area contributed by atoms with Crippen LogP contribution in [0.2, 0.25) is 0 Å². The highest BCUT2D eigenvalue weighted by Gasteiger charge is 2.11. The Labute approximate surface area is 121 Å². The van der Waals surface area contributed by atoms with Gasteiger partial charge in [-0.3, -0.25) is 0 Å². The van der Waals surface area contributed by atoms with Crippen molar-refractivity contribution >= 4 is 26.8 Å². The molecular formula is C17H14BrN. The summed E-state index contributed by atoms with van der Waals surface area (Å²) in [6, 6.07) is 19.0. The summed E-state index contributed by atoms with van der Waals surface area (Å²) in [5.41, 5.74) is 3.67. The minimum absolute atomic E-state index is 0.810. The molecule has 0 spiro atoms. The van der Waals surface area contributed by atoms with Crippen LogP contribution in [0.15, 0.2) is 71.7 Å². The molecule has 0 aliphatic heterocycles. The van der Waals surface area contributed by atoms with Crippen molar-refractivity contribution < 1.29 is 0 Å². The van der Waals surface area contributed by atoms with Gasteiger partial charge in [-0.1, -0.05) is 58.4 Å². The summed E-state index contributed by atoms with van der Waals surface area (Å²) in [4.78, 5) is 0. The second kappa shape index (κ2) is 5.06. The number of aromatic nitrogens is 1. The third-order valence-corrected chi connectivity index (χ3v) is 3.96. The summed E-state index contributed by atoms with van der Waals surface area (Å²) in [6.07, 6.45) is 1.94. The molecule has 2 heteroatoms. The summed E-state index contributed by atoms with van der Waals surface area (Å²) >= 11 is 3.64. The van der Waals surface area contributed by atoms with E-state index in [4.69, 9.17) is 0 Å². The zero-order valence-electron chi connectivity index (χ0n) is 10.5. The van der Waals surface area contributed by atoms with Crippen LogP contribution in [0.1, 0.15) is 0 Å². The molecule has 1 nitrogen and oxygen atoms in total. The molecule has 3 rings (SSSR count). The molecule has 0 fully saturated rings. The average molecular weight is 312 g/mol. The number of benzene rings is 2. The van der Waals surface area contributed by atoms with Crippen molar-refractivity contribution in [1.29, 1.82) is 0 Å². The molecule has 0 unspecified atom stereocenters. The zero-order valence-corrected chi connectivity index (χ0v) is 12.1. The van der Waals surface area contributed by atoms with Gasteiger partial charge in [-0.2, -0.15) is 0 Å². The molecule has 2 aromatic carbocycles. The number of para-hydroxylation sites is 1. The van der Waals surface area contributed by atoms with Crippen molar-refractivity contribution in [3.63, 3.8) is 0 Å². The minimum atomic E-state index is 0.810. The fourth-order valence-corrected chi connectivity index (χ4v) is 2.92. The van der Waals surface area contributed by atoms with E-state index >= 15 is 0 Å². The quantitative estimate of drug-likeness (QED) is 0.582. The summed E-state index contributed by atoms with van der Waals surface area (Å²) < 4.78 is 3.41. The summed E-state index contributed by atoms with van der Waals surface area (Å²) in [5, 5.41) is 1.26. The highest BCUT2D eigenvalue weighted by Crippen LogP contribution is 2.32. The lowest BCUT2D eigenvalue weighted by Crippen LogP contribution is -1.97. The van der Waals surface area contributed by atoms with Crippen molar-refractivity contribution in [3.8, 4) is 11.3 Å². The topological polar surface area (TPSA) is 4.93 Å². The molecule has 1 aromatic heterocycles. The molecule has 0 aliphatic rings. The van der Waals surface area contributed by atoms with Crippen molar-refractivity contribution in [3.05, 3.63) is 71.7 Å². The molecule has 0 bridgehead atoms. The van der Waals surface area contributed by atoms with Gasteiger partial charge < -0.3 is 4.57 Å². The first-order valence-electron chi connectivity index (χ1n) is 6.25. The summed E-state index contributed by atoms with van der Waals surface area (Å²) in [6.45, 7) is 4.68. The van der Waals surface area contributed by atoms with Gasteiger partial charge in [-0.15, -0.1) is 6.58 Å². The van der Waals surface area contributed by atoms with E-state index in [0.29, 0.717) is 0 Å². The first-order valence-corrected chi connectivity index (χ1v) is 7.04. The Hall–Kier alpha value is -1.80. The van der Waals surface area contributed by atoms with E-state index in [-0.39, 0.29) is 0 Å². The number of hydrogen-bond acceptors (Lipinski definition) is 0.